The Labute approximate surface area is 74.0 Å². The van der Waals surface area contributed by atoms with Gasteiger partial charge in [-0.2, -0.15) is 5.26 Å². The Bertz CT molecular complexity index is 183. The number of Topliss-reactive ketones (excluding diaryl/α,β-unsaturated/α-hetero) is 1. The van der Waals surface area contributed by atoms with E-state index in [-0.39, 0.29) is 11.7 Å². The number of ketones is 1. The first-order valence-corrected chi connectivity index (χ1v) is 4.20. The number of carbonyl (C=O) groups is 1. The van der Waals surface area contributed by atoms with Crippen molar-refractivity contribution in [3.8, 4) is 6.07 Å². The number of hydrogen-bond acceptors (Lipinski definition) is 3. The Kier molecular flexibility index (Phi) is 5.31. The van der Waals surface area contributed by atoms with E-state index in [1.807, 2.05) is 25.8 Å². The molecule has 0 N–H and O–H groups in total. The van der Waals surface area contributed by atoms with E-state index in [0.29, 0.717) is 19.5 Å². The highest BCUT2D eigenvalue weighted by Crippen LogP contribution is 1.96. The Hall–Kier alpha value is -0.880. The lowest BCUT2D eigenvalue weighted by molar-refractivity contribution is -0.119. The Balaban J connectivity index is 3.67. The summed E-state index contributed by atoms with van der Waals surface area (Å²) < 4.78 is 0. The fraction of sp³-hybridized carbons (Fsp3) is 0.778. The van der Waals surface area contributed by atoms with Gasteiger partial charge in [0.1, 0.15) is 5.78 Å². The van der Waals surface area contributed by atoms with Crippen LogP contribution in [0.4, 0.5) is 0 Å². The summed E-state index contributed by atoms with van der Waals surface area (Å²) >= 11 is 0. The van der Waals surface area contributed by atoms with Gasteiger partial charge in [-0.25, -0.2) is 0 Å². The topological polar surface area (TPSA) is 44.1 Å². The van der Waals surface area contributed by atoms with Crippen molar-refractivity contribution in [3.63, 3.8) is 0 Å². The maximum absolute atomic E-state index is 11.0. The van der Waals surface area contributed by atoms with E-state index in [1.54, 1.807) is 0 Å². The SMILES string of the molecule is CCC(=O)CN(C)CC(C)C#N. The minimum Gasteiger partial charge on any atom is -0.298 e. The van der Waals surface area contributed by atoms with Crippen molar-refractivity contribution in [1.82, 2.24) is 4.90 Å². The summed E-state index contributed by atoms with van der Waals surface area (Å²) in [7, 11) is 1.86. The third-order valence-corrected chi connectivity index (χ3v) is 1.65. The first kappa shape index (κ1) is 11.1. The molecule has 68 valence electrons. The van der Waals surface area contributed by atoms with Crippen molar-refractivity contribution in [1.29, 1.82) is 5.26 Å². The van der Waals surface area contributed by atoms with Gasteiger partial charge in [-0.05, 0) is 14.0 Å². The summed E-state index contributed by atoms with van der Waals surface area (Å²) in [6.07, 6.45) is 0.575. The zero-order valence-electron chi connectivity index (χ0n) is 8.00. The van der Waals surface area contributed by atoms with Gasteiger partial charge < -0.3 is 0 Å². The van der Waals surface area contributed by atoms with Gasteiger partial charge in [0.15, 0.2) is 0 Å². The second-order valence-corrected chi connectivity index (χ2v) is 3.12. The molecule has 0 radical (unpaired) electrons. The predicted octanol–water partition coefficient (Wildman–Crippen LogP) is 1.06. The van der Waals surface area contributed by atoms with Crippen LogP contribution < -0.4 is 0 Å². The van der Waals surface area contributed by atoms with E-state index < -0.39 is 0 Å². The molecule has 12 heavy (non-hydrogen) atoms. The minimum absolute atomic E-state index is 0.000318. The second kappa shape index (κ2) is 5.73. The lowest BCUT2D eigenvalue weighted by Crippen LogP contribution is -2.29. The second-order valence-electron chi connectivity index (χ2n) is 3.12. The van der Waals surface area contributed by atoms with Crippen LogP contribution in [-0.4, -0.2) is 30.8 Å². The number of rotatable bonds is 5. The number of likely N-dealkylation sites (N-methyl/N-ethyl adjacent to an activating group) is 1. The fourth-order valence-electron chi connectivity index (χ4n) is 0.986. The van der Waals surface area contributed by atoms with Crippen molar-refractivity contribution < 1.29 is 4.79 Å². The maximum Gasteiger partial charge on any atom is 0.146 e. The standard InChI is InChI=1S/C9H16N2O/c1-4-9(12)7-11(3)6-8(2)5-10/h8H,4,6-7H2,1-3H3. The molecule has 0 saturated carbocycles. The summed E-state index contributed by atoms with van der Waals surface area (Å²) in [5.41, 5.74) is 0. The summed E-state index contributed by atoms with van der Waals surface area (Å²) in [5, 5.41) is 8.51. The quantitative estimate of drug-likeness (QED) is 0.616. The van der Waals surface area contributed by atoms with Crippen molar-refractivity contribution in [3.05, 3.63) is 0 Å². The van der Waals surface area contributed by atoms with Crippen LogP contribution in [0.25, 0.3) is 0 Å². The molecular formula is C9H16N2O. The number of carbonyl (C=O) groups excluding carboxylic acids is 1. The van der Waals surface area contributed by atoms with Crippen LogP contribution in [0.5, 0.6) is 0 Å². The van der Waals surface area contributed by atoms with Gasteiger partial charge in [0.05, 0.1) is 18.5 Å². The van der Waals surface area contributed by atoms with Crippen molar-refractivity contribution in [2.75, 3.05) is 20.1 Å². The molecule has 0 aliphatic rings. The molecule has 0 bridgehead atoms. The largest absolute Gasteiger partial charge is 0.298 e. The zero-order valence-corrected chi connectivity index (χ0v) is 8.00. The van der Waals surface area contributed by atoms with Gasteiger partial charge in [0.2, 0.25) is 0 Å². The molecule has 0 rings (SSSR count). The zero-order chi connectivity index (χ0) is 9.56. The summed E-state index contributed by atoms with van der Waals surface area (Å²) in [5.74, 6) is 0.224. The number of hydrogen-bond donors (Lipinski definition) is 0. The van der Waals surface area contributed by atoms with E-state index in [2.05, 4.69) is 6.07 Å². The van der Waals surface area contributed by atoms with Crippen molar-refractivity contribution in [2.24, 2.45) is 5.92 Å². The van der Waals surface area contributed by atoms with Crippen LogP contribution in [0.3, 0.4) is 0 Å². The molecule has 0 aliphatic carbocycles. The number of nitrogens with zero attached hydrogens (tertiary/aromatic N) is 2. The third kappa shape index (κ3) is 4.86. The highest BCUT2D eigenvalue weighted by atomic mass is 16.1. The average Bonchev–Trinajstić information content (AvgIpc) is 2.03. The van der Waals surface area contributed by atoms with Gasteiger partial charge in [0, 0.05) is 13.0 Å². The van der Waals surface area contributed by atoms with Crippen LogP contribution in [0, 0.1) is 17.2 Å². The monoisotopic (exact) mass is 168 g/mol. The average molecular weight is 168 g/mol. The van der Waals surface area contributed by atoms with Crippen LogP contribution in [-0.2, 0) is 4.79 Å². The van der Waals surface area contributed by atoms with E-state index in [0.717, 1.165) is 0 Å². The predicted molar refractivity (Wildman–Crippen MR) is 47.6 cm³/mol. The third-order valence-electron chi connectivity index (χ3n) is 1.65. The molecule has 0 aromatic heterocycles. The molecule has 0 aliphatic heterocycles. The van der Waals surface area contributed by atoms with Crippen LogP contribution in [0.1, 0.15) is 20.3 Å². The van der Waals surface area contributed by atoms with Gasteiger partial charge in [-0.15, -0.1) is 0 Å². The molecule has 1 unspecified atom stereocenters. The summed E-state index contributed by atoms with van der Waals surface area (Å²) in [6, 6.07) is 2.13. The lowest BCUT2D eigenvalue weighted by atomic mass is 10.2. The van der Waals surface area contributed by atoms with Crippen LogP contribution >= 0.6 is 0 Å². The van der Waals surface area contributed by atoms with E-state index in [1.165, 1.54) is 0 Å². The highest BCUT2D eigenvalue weighted by Gasteiger charge is 2.07. The van der Waals surface area contributed by atoms with Crippen LogP contribution in [0.2, 0.25) is 0 Å². The normalized spacial score (nSPS) is 12.6. The molecule has 1 atom stereocenters. The van der Waals surface area contributed by atoms with E-state index >= 15 is 0 Å². The fourth-order valence-corrected chi connectivity index (χ4v) is 0.986. The summed E-state index contributed by atoms with van der Waals surface area (Å²) in [6.45, 7) is 4.83. The molecular weight excluding hydrogens is 152 g/mol. The maximum atomic E-state index is 11.0. The van der Waals surface area contributed by atoms with Gasteiger partial charge in [-0.1, -0.05) is 6.92 Å². The van der Waals surface area contributed by atoms with E-state index in [9.17, 15) is 4.79 Å². The Morgan fingerprint density at radius 3 is 2.67 bits per heavy atom. The molecule has 0 spiro atoms. The molecule has 0 aromatic carbocycles. The molecule has 0 fully saturated rings. The first-order valence-electron chi connectivity index (χ1n) is 4.20. The lowest BCUT2D eigenvalue weighted by Gasteiger charge is -2.15. The smallest absolute Gasteiger partial charge is 0.146 e. The Morgan fingerprint density at radius 2 is 2.25 bits per heavy atom. The van der Waals surface area contributed by atoms with Crippen molar-refractivity contribution in [2.45, 2.75) is 20.3 Å². The van der Waals surface area contributed by atoms with Gasteiger partial charge in [0.25, 0.3) is 0 Å². The summed E-state index contributed by atoms with van der Waals surface area (Å²) in [4.78, 5) is 12.9. The minimum atomic E-state index is -0.000318. The van der Waals surface area contributed by atoms with Gasteiger partial charge in [-0.3, -0.25) is 9.69 Å². The highest BCUT2D eigenvalue weighted by molar-refractivity contribution is 5.80. The molecule has 3 heteroatoms. The molecule has 0 saturated heterocycles. The molecule has 0 aromatic rings. The molecule has 0 amide bonds. The molecule has 0 heterocycles. The molecule has 3 nitrogen and oxygen atoms in total. The van der Waals surface area contributed by atoms with Crippen LogP contribution in [0.15, 0.2) is 0 Å². The van der Waals surface area contributed by atoms with Gasteiger partial charge >= 0.3 is 0 Å². The Morgan fingerprint density at radius 1 is 1.67 bits per heavy atom. The van der Waals surface area contributed by atoms with E-state index in [4.69, 9.17) is 5.26 Å². The number of nitriles is 1. The first-order chi connectivity index (χ1) is 5.60. The van der Waals surface area contributed by atoms with Crippen molar-refractivity contribution >= 4 is 5.78 Å².